The topological polar surface area (TPSA) is 38.8 Å². The van der Waals surface area contributed by atoms with Crippen molar-refractivity contribution in [3.05, 3.63) is 28.3 Å². The van der Waals surface area contributed by atoms with E-state index in [1.807, 2.05) is 18.0 Å². The molecule has 0 fully saturated rings. The summed E-state index contributed by atoms with van der Waals surface area (Å²) in [5.74, 6) is 0.692. The third kappa shape index (κ3) is 3.70. The number of carbonyl (C=O) groups is 1. The molecule has 0 saturated carbocycles. The van der Waals surface area contributed by atoms with E-state index in [1.54, 1.807) is 7.11 Å². The van der Waals surface area contributed by atoms with E-state index in [2.05, 4.69) is 25.5 Å². The molecule has 106 valence electrons. The average Bonchev–Trinajstić information content (AvgIpc) is 2.38. The van der Waals surface area contributed by atoms with E-state index in [-0.39, 0.29) is 5.97 Å². The van der Waals surface area contributed by atoms with Crippen LogP contribution in [-0.2, 0) is 16.1 Å². The Morgan fingerprint density at radius 2 is 1.84 bits per heavy atom. The second-order valence-electron chi connectivity index (χ2n) is 4.87. The first-order chi connectivity index (χ1) is 8.90. The molecule has 0 N–H and O–H groups in total. The number of benzene rings is 1. The number of rotatable bonds is 5. The number of hydrogen-bond acceptors (Lipinski definition) is 4. The van der Waals surface area contributed by atoms with Crippen LogP contribution in [0.25, 0.3) is 0 Å². The van der Waals surface area contributed by atoms with Gasteiger partial charge in [0, 0.05) is 6.54 Å². The summed E-state index contributed by atoms with van der Waals surface area (Å²) in [5.41, 5.74) is 4.78. The molecule has 0 radical (unpaired) electrons. The summed E-state index contributed by atoms with van der Waals surface area (Å²) in [4.78, 5) is 13.2. The molecule has 0 spiro atoms. The minimum atomic E-state index is -0.219. The third-order valence-electron chi connectivity index (χ3n) is 3.48. The van der Waals surface area contributed by atoms with Crippen LogP contribution in [-0.4, -0.2) is 38.7 Å². The van der Waals surface area contributed by atoms with E-state index >= 15 is 0 Å². The maximum atomic E-state index is 11.3. The molecule has 0 aromatic heterocycles. The predicted octanol–water partition coefficient (Wildman–Crippen LogP) is 2.23. The number of carbonyl (C=O) groups excluding carboxylic acids is 1. The van der Waals surface area contributed by atoms with Crippen LogP contribution < -0.4 is 4.74 Å². The number of likely N-dealkylation sites (N-methyl/N-ethyl adjacent to an activating group) is 1. The van der Waals surface area contributed by atoms with Crippen molar-refractivity contribution in [2.24, 2.45) is 0 Å². The van der Waals surface area contributed by atoms with Gasteiger partial charge in [0.2, 0.25) is 0 Å². The number of nitrogens with zero attached hydrogens (tertiary/aromatic N) is 1. The fourth-order valence-electron chi connectivity index (χ4n) is 2.16. The molecule has 0 saturated heterocycles. The number of hydrogen-bond donors (Lipinski definition) is 0. The largest absolute Gasteiger partial charge is 0.496 e. The van der Waals surface area contributed by atoms with E-state index in [4.69, 9.17) is 4.74 Å². The molecule has 0 atom stereocenters. The Labute approximate surface area is 115 Å². The lowest BCUT2D eigenvalue weighted by Crippen LogP contribution is -2.27. The lowest BCUT2D eigenvalue weighted by atomic mass is 9.97. The molecule has 4 nitrogen and oxygen atoms in total. The van der Waals surface area contributed by atoms with Crippen LogP contribution in [0.3, 0.4) is 0 Å². The summed E-state index contributed by atoms with van der Waals surface area (Å²) >= 11 is 0. The summed E-state index contributed by atoms with van der Waals surface area (Å²) in [6.45, 7) is 7.22. The molecule has 4 heteroatoms. The molecule has 0 aliphatic rings. The first kappa shape index (κ1) is 15.5. The quantitative estimate of drug-likeness (QED) is 0.765. The summed E-state index contributed by atoms with van der Waals surface area (Å²) in [6.07, 6.45) is 0. The smallest absolute Gasteiger partial charge is 0.319 e. The van der Waals surface area contributed by atoms with Gasteiger partial charge in [-0.05, 0) is 56.1 Å². The van der Waals surface area contributed by atoms with E-state index < -0.39 is 0 Å². The third-order valence-corrected chi connectivity index (χ3v) is 3.48. The van der Waals surface area contributed by atoms with Crippen LogP contribution >= 0.6 is 0 Å². The van der Waals surface area contributed by atoms with Gasteiger partial charge >= 0.3 is 5.97 Å². The van der Waals surface area contributed by atoms with Crippen LogP contribution in [0.4, 0.5) is 0 Å². The van der Waals surface area contributed by atoms with Crippen molar-refractivity contribution in [1.82, 2.24) is 4.90 Å². The highest BCUT2D eigenvalue weighted by Crippen LogP contribution is 2.28. The zero-order valence-electron chi connectivity index (χ0n) is 12.7. The Balaban J connectivity index is 2.95. The Morgan fingerprint density at radius 1 is 1.21 bits per heavy atom. The van der Waals surface area contributed by atoms with Crippen LogP contribution in [0.15, 0.2) is 6.07 Å². The summed E-state index contributed by atoms with van der Waals surface area (Å²) < 4.78 is 10.0. The SMILES string of the molecule is COC(=O)CN(C)Cc1c(C)cc(OC)c(C)c1C. The molecule has 0 aliphatic heterocycles. The van der Waals surface area contributed by atoms with Crippen molar-refractivity contribution in [2.75, 3.05) is 27.8 Å². The monoisotopic (exact) mass is 265 g/mol. The van der Waals surface area contributed by atoms with Gasteiger partial charge in [-0.3, -0.25) is 9.69 Å². The molecule has 19 heavy (non-hydrogen) atoms. The molecule has 0 unspecified atom stereocenters. The minimum absolute atomic E-state index is 0.219. The Hall–Kier alpha value is -1.55. The summed E-state index contributed by atoms with van der Waals surface area (Å²) in [5, 5.41) is 0. The lowest BCUT2D eigenvalue weighted by Gasteiger charge is -2.21. The van der Waals surface area contributed by atoms with E-state index in [9.17, 15) is 4.79 Å². The predicted molar refractivity (Wildman–Crippen MR) is 75.6 cm³/mol. The number of esters is 1. The molecular formula is C15H23NO3. The van der Waals surface area contributed by atoms with Crippen molar-refractivity contribution in [2.45, 2.75) is 27.3 Å². The second kappa shape index (κ2) is 6.57. The Kier molecular flexibility index (Phi) is 5.36. The highest BCUT2D eigenvalue weighted by atomic mass is 16.5. The number of aryl methyl sites for hydroxylation is 1. The van der Waals surface area contributed by atoms with Gasteiger partial charge in [-0.15, -0.1) is 0 Å². The fourth-order valence-corrected chi connectivity index (χ4v) is 2.16. The van der Waals surface area contributed by atoms with Gasteiger partial charge in [0.05, 0.1) is 20.8 Å². The second-order valence-corrected chi connectivity index (χ2v) is 4.87. The van der Waals surface area contributed by atoms with Gasteiger partial charge < -0.3 is 9.47 Å². The highest BCUT2D eigenvalue weighted by Gasteiger charge is 2.14. The summed E-state index contributed by atoms with van der Waals surface area (Å²) in [6, 6.07) is 2.05. The highest BCUT2D eigenvalue weighted by molar-refractivity contribution is 5.71. The molecular weight excluding hydrogens is 242 g/mol. The van der Waals surface area contributed by atoms with Crippen molar-refractivity contribution >= 4 is 5.97 Å². The first-order valence-electron chi connectivity index (χ1n) is 6.29. The van der Waals surface area contributed by atoms with Crippen LogP contribution in [0.2, 0.25) is 0 Å². The van der Waals surface area contributed by atoms with Gasteiger partial charge in [-0.1, -0.05) is 0 Å². The maximum Gasteiger partial charge on any atom is 0.319 e. The minimum Gasteiger partial charge on any atom is -0.496 e. The molecule has 1 aromatic carbocycles. The van der Waals surface area contributed by atoms with Crippen LogP contribution in [0.1, 0.15) is 22.3 Å². The molecule has 0 heterocycles. The van der Waals surface area contributed by atoms with E-state index in [1.165, 1.54) is 23.8 Å². The molecule has 0 amide bonds. The van der Waals surface area contributed by atoms with Gasteiger partial charge in [0.15, 0.2) is 0 Å². The molecule has 1 aromatic rings. The number of methoxy groups -OCH3 is 2. The molecule has 0 aliphatic carbocycles. The van der Waals surface area contributed by atoms with E-state index in [0.29, 0.717) is 6.54 Å². The van der Waals surface area contributed by atoms with Crippen molar-refractivity contribution < 1.29 is 14.3 Å². The molecule has 1 rings (SSSR count). The van der Waals surface area contributed by atoms with Crippen molar-refractivity contribution in [3.8, 4) is 5.75 Å². The Bertz CT molecular complexity index is 469. The van der Waals surface area contributed by atoms with Gasteiger partial charge in [0.25, 0.3) is 0 Å². The van der Waals surface area contributed by atoms with Crippen molar-refractivity contribution in [3.63, 3.8) is 0 Å². The fraction of sp³-hybridized carbons (Fsp3) is 0.533. The van der Waals surface area contributed by atoms with Gasteiger partial charge in [-0.25, -0.2) is 0 Å². The van der Waals surface area contributed by atoms with Crippen molar-refractivity contribution in [1.29, 1.82) is 0 Å². The van der Waals surface area contributed by atoms with Gasteiger partial charge in [-0.2, -0.15) is 0 Å². The van der Waals surface area contributed by atoms with E-state index in [0.717, 1.165) is 17.9 Å². The van der Waals surface area contributed by atoms with Gasteiger partial charge in [0.1, 0.15) is 5.75 Å². The zero-order chi connectivity index (χ0) is 14.6. The zero-order valence-corrected chi connectivity index (χ0v) is 12.7. The average molecular weight is 265 g/mol. The Morgan fingerprint density at radius 3 is 2.37 bits per heavy atom. The number of ether oxygens (including phenoxy) is 2. The molecule has 0 bridgehead atoms. The van der Waals surface area contributed by atoms with Crippen LogP contribution in [0, 0.1) is 20.8 Å². The summed E-state index contributed by atoms with van der Waals surface area (Å²) in [7, 11) is 5.00. The van der Waals surface area contributed by atoms with Crippen LogP contribution in [0.5, 0.6) is 5.75 Å². The lowest BCUT2D eigenvalue weighted by molar-refractivity contribution is -0.141. The standard InChI is InChI=1S/C15H23NO3/c1-10-7-14(18-5)12(3)11(2)13(10)8-16(4)9-15(17)19-6/h7H,8-9H2,1-6H3. The maximum absolute atomic E-state index is 11.3. The normalized spacial score (nSPS) is 10.7. The first-order valence-corrected chi connectivity index (χ1v) is 6.29.